The molecule has 0 fully saturated rings. The molecule has 0 unspecified atom stereocenters. The first-order valence-electron chi connectivity index (χ1n) is 2.27. The Labute approximate surface area is 91.9 Å². The van der Waals surface area contributed by atoms with E-state index in [4.69, 9.17) is 10.2 Å². The summed E-state index contributed by atoms with van der Waals surface area (Å²) in [5.74, 6) is 0.339. The monoisotopic (exact) mass is 212 g/mol. The molecule has 1 rings (SSSR count). The molecule has 0 saturated carbocycles. The SMILES string of the molecule is Oc1ccc(O)cc1.[Br-].[Na+]. The molecule has 1 aromatic rings. The fourth-order valence-corrected chi connectivity index (χ4v) is 0.453. The van der Waals surface area contributed by atoms with Crippen LogP contribution in [0.2, 0.25) is 0 Å². The maximum Gasteiger partial charge on any atom is 1.00 e. The van der Waals surface area contributed by atoms with Crippen LogP contribution in [-0.4, -0.2) is 10.2 Å². The Morgan fingerprint density at radius 2 is 1.00 bits per heavy atom. The Bertz CT molecular complexity index is 155. The van der Waals surface area contributed by atoms with Gasteiger partial charge in [-0.2, -0.15) is 0 Å². The molecule has 0 amide bonds. The topological polar surface area (TPSA) is 40.5 Å². The first-order valence-corrected chi connectivity index (χ1v) is 2.27. The average Bonchev–Trinajstić information content (AvgIpc) is 1.77. The van der Waals surface area contributed by atoms with Crippen LogP contribution in [0.15, 0.2) is 24.3 Å². The van der Waals surface area contributed by atoms with Gasteiger partial charge in [0.25, 0.3) is 0 Å². The first-order chi connectivity index (χ1) is 3.79. The van der Waals surface area contributed by atoms with Gasteiger partial charge in [-0.1, -0.05) is 0 Å². The number of rotatable bonds is 0. The summed E-state index contributed by atoms with van der Waals surface area (Å²) >= 11 is 0. The number of hydrogen-bond donors (Lipinski definition) is 2. The molecule has 0 heterocycles. The van der Waals surface area contributed by atoms with Crippen LogP contribution in [0, 0.1) is 0 Å². The van der Waals surface area contributed by atoms with E-state index in [2.05, 4.69) is 0 Å². The Morgan fingerprint density at radius 3 is 1.20 bits per heavy atom. The van der Waals surface area contributed by atoms with E-state index in [9.17, 15) is 0 Å². The van der Waals surface area contributed by atoms with E-state index in [0.29, 0.717) is 0 Å². The van der Waals surface area contributed by atoms with Crippen molar-refractivity contribution in [3.8, 4) is 11.5 Å². The Kier molecular flexibility index (Phi) is 7.81. The third-order valence-corrected chi connectivity index (χ3v) is 0.850. The van der Waals surface area contributed by atoms with Crippen LogP contribution >= 0.6 is 0 Å². The van der Waals surface area contributed by atoms with Crippen molar-refractivity contribution in [2.45, 2.75) is 0 Å². The maximum atomic E-state index is 8.65. The minimum absolute atomic E-state index is 0. The van der Waals surface area contributed by atoms with E-state index in [1.54, 1.807) is 0 Å². The molecule has 50 valence electrons. The quantitative estimate of drug-likeness (QED) is 0.335. The molecule has 0 spiro atoms. The van der Waals surface area contributed by atoms with Crippen molar-refractivity contribution in [3.05, 3.63) is 24.3 Å². The average molecular weight is 213 g/mol. The summed E-state index contributed by atoms with van der Waals surface area (Å²) in [6.45, 7) is 0. The molecule has 0 aromatic heterocycles. The second-order valence-corrected chi connectivity index (χ2v) is 1.52. The largest absolute Gasteiger partial charge is 1.00 e. The van der Waals surface area contributed by atoms with Crippen molar-refractivity contribution >= 4 is 0 Å². The number of benzene rings is 1. The van der Waals surface area contributed by atoms with E-state index >= 15 is 0 Å². The van der Waals surface area contributed by atoms with Gasteiger partial charge in [0, 0.05) is 0 Å². The van der Waals surface area contributed by atoms with Crippen molar-refractivity contribution in [2.75, 3.05) is 0 Å². The molecule has 4 heteroatoms. The zero-order chi connectivity index (χ0) is 5.98. The number of halogens is 1. The molecule has 0 radical (unpaired) electrons. The minimum Gasteiger partial charge on any atom is -1.00 e. The van der Waals surface area contributed by atoms with Gasteiger partial charge in [-0.3, -0.25) is 0 Å². The molecule has 10 heavy (non-hydrogen) atoms. The summed E-state index contributed by atoms with van der Waals surface area (Å²) < 4.78 is 0. The molecule has 0 aliphatic heterocycles. The summed E-state index contributed by atoms with van der Waals surface area (Å²) in [6.07, 6.45) is 0. The molecule has 0 aliphatic carbocycles. The van der Waals surface area contributed by atoms with E-state index < -0.39 is 0 Å². The third-order valence-electron chi connectivity index (χ3n) is 0.850. The molecule has 0 atom stereocenters. The predicted molar refractivity (Wildman–Crippen MR) is 29.8 cm³/mol. The number of hydrogen-bond acceptors (Lipinski definition) is 2. The van der Waals surface area contributed by atoms with Gasteiger partial charge in [-0.15, -0.1) is 0 Å². The van der Waals surface area contributed by atoms with E-state index in [0.717, 1.165) is 0 Å². The summed E-state index contributed by atoms with van der Waals surface area (Å²) in [7, 11) is 0. The standard InChI is InChI=1S/C6H6O2.BrH.Na/c7-5-1-2-6(8)4-3-5;;/h1-4,7-8H;1H;/q;;+1/p-1. The molecule has 0 aliphatic rings. The predicted octanol–water partition coefficient (Wildman–Crippen LogP) is -4.89. The van der Waals surface area contributed by atoms with Gasteiger partial charge in [0.05, 0.1) is 0 Å². The zero-order valence-corrected chi connectivity index (χ0v) is 9.17. The van der Waals surface area contributed by atoms with Crippen LogP contribution in [0.1, 0.15) is 0 Å². The van der Waals surface area contributed by atoms with Gasteiger partial charge in [0.2, 0.25) is 0 Å². The Hall–Kier alpha value is 0.300. The molecular weight excluding hydrogens is 207 g/mol. The van der Waals surface area contributed by atoms with Crippen LogP contribution in [0.3, 0.4) is 0 Å². The van der Waals surface area contributed by atoms with Crippen molar-refractivity contribution in [3.63, 3.8) is 0 Å². The molecular formula is C6H6BrNaO2. The van der Waals surface area contributed by atoms with Gasteiger partial charge in [-0.05, 0) is 24.3 Å². The van der Waals surface area contributed by atoms with E-state index in [1.807, 2.05) is 0 Å². The third kappa shape index (κ3) is 4.17. The fourth-order valence-electron chi connectivity index (χ4n) is 0.453. The van der Waals surface area contributed by atoms with Crippen LogP contribution in [-0.2, 0) is 0 Å². The second kappa shape index (κ2) is 6.04. The maximum absolute atomic E-state index is 8.65. The van der Waals surface area contributed by atoms with E-state index in [-0.39, 0.29) is 58.0 Å². The van der Waals surface area contributed by atoms with Gasteiger partial charge in [0.15, 0.2) is 0 Å². The van der Waals surface area contributed by atoms with Gasteiger partial charge in [0.1, 0.15) is 11.5 Å². The number of phenolic OH excluding ortho intramolecular Hbond substituents is 2. The summed E-state index contributed by atoms with van der Waals surface area (Å²) in [5, 5.41) is 17.3. The van der Waals surface area contributed by atoms with Crippen molar-refractivity contribution < 1.29 is 56.8 Å². The number of phenols is 2. The molecule has 2 nitrogen and oxygen atoms in total. The fraction of sp³-hybridized carbons (Fsp3) is 0. The zero-order valence-electron chi connectivity index (χ0n) is 5.58. The van der Waals surface area contributed by atoms with Gasteiger partial charge in [-0.25, -0.2) is 0 Å². The molecule has 1 aromatic carbocycles. The summed E-state index contributed by atoms with van der Waals surface area (Å²) in [6, 6.07) is 5.70. The van der Waals surface area contributed by atoms with Crippen molar-refractivity contribution in [1.82, 2.24) is 0 Å². The van der Waals surface area contributed by atoms with Crippen LogP contribution in [0.5, 0.6) is 11.5 Å². The Balaban J connectivity index is 0. The van der Waals surface area contributed by atoms with Crippen LogP contribution in [0.4, 0.5) is 0 Å². The summed E-state index contributed by atoms with van der Waals surface area (Å²) in [4.78, 5) is 0. The van der Waals surface area contributed by atoms with Crippen molar-refractivity contribution in [2.24, 2.45) is 0 Å². The molecule has 2 N–H and O–H groups in total. The number of aromatic hydroxyl groups is 2. The van der Waals surface area contributed by atoms with E-state index in [1.165, 1.54) is 24.3 Å². The normalized spacial score (nSPS) is 7.20. The summed E-state index contributed by atoms with van der Waals surface area (Å²) in [5.41, 5.74) is 0. The minimum atomic E-state index is 0. The smallest absolute Gasteiger partial charge is 1.00 e. The van der Waals surface area contributed by atoms with Gasteiger partial charge >= 0.3 is 29.6 Å². The second-order valence-electron chi connectivity index (χ2n) is 1.52. The molecule has 0 bridgehead atoms. The van der Waals surface area contributed by atoms with Crippen LogP contribution in [0.25, 0.3) is 0 Å². The van der Waals surface area contributed by atoms with Crippen LogP contribution < -0.4 is 46.5 Å². The van der Waals surface area contributed by atoms with Crippen molar-refractivity contribution in [1.29, 1.82) is 0 Å². The Morgan fingerprint density at radius 1 is 0.800 bits per heavy atom. The molecule has 0 saturated heterocycles. The van der Waals surface area contributed by atoms with Gasteiger partial charge < -0.3 is 27.2 Å². The first kappa shape index (κ1) is 12.9.